The molecular weight excluding hydrogens is 266 g/mol. The molecule has 0 bridgehead atoms. The van der Waals surface area contributed by atoms with Gasteiger partial charge < -0.3 is 25.4 Å². The predicted octanol–water partition coefficient (Wildman–Crippen LogP) is -0.499. The highest BCUT2D eigenvalue weighted by Gasteiger charge is 2.28. The highest BCUT2D eigenvalue weighted by atomic mass is 16.5. The van der Waals surface area contributed by atoms with E-state index in [1.165, 1.54) is 14.2 Å². The maximum atomic E-state index is 11.9. The van der Waals surface area contributed by atoms with E-state index in [0.717, 1.165) is 4.90 Å². The van der Waals surface area contributed by atoms with Crippen molar-refractivity contribution in [3.8, 4) is 0 Å². The SMILES string of the molecule is CNC(=O)C(C)(C)CNC(=O)N(CCOC)CC(=O)O. The van der Waals surface area contributed by atoms with E-state index in [-0.39, 0.29) is 25.6 Å². The second-order valence-electron chi connectivity index (χ2n) is 4.93. The number of hydrogen-bond donors (Lipinski definition) is 3. The zero-order chi connectivity index (χ0) is 15.8. The molecule has 0 spiro atoms. The van der Waals surface area contributed by atoms with Crippen molar-refractivity contribution in [2.24, 2.45) is 5.41 Å². The second kappa shape index (κ2) is 8.36. The fourth-order valence-corrected chi connectivity index (χ4v) is 1.44. The van der Waals surface area contributed by atoms with E-state index in [1.807, 2.05) is 0 Å². The minimum atomic E-state index is -1.11. The Morgan fingerprint density at radius 1 is 1.30 bits per heavy atom. The van der Waals surface area contributed by atoms with Gasteiger partial charge in [0.2, 0.25) is 5.91 Å². The van der Waals surface area contributed by atoms with Crippen LogP contribution in [0.15, 0.2) is 0 Å². The van der Waals surface area contributed by atoms with Gasteiger partial charge in [0, 0.05) is 27.2 Å². The molecule has 3 amide bonds. The van der Waals surface area contributed by atoms with Crippen molar-refractivity contribution in [1.82, 2.24) is 15.5 Å². The maximum Gasteiger partial charge on any atom is 0.323 e. The van der Waals surface area contributed by atoms with Crippen LogP contribution in [0.3, 0.4) is 0 Å². The van der Waals surface area contributed by atoms with Crippen LogP contribution in [-0.4, -0.2) is 68.3 Å². The molecule has 0 aromatic heterocycles. The smallest absolute Gasteiger partial charge is 0.323 e. The Hall–Kier alpha value is -1.83. The fraction of sp³-hybridized carbons (Fsp3) is 0.750. The first-order chi connectivity index (χ1) is 9.24. The number of nitrogens with zero attached hydrogens (tertiary/aromatic N) is 1. The minimum absolute atomic E-state index is 0.106. The van der Waals surface area contributed by atoms with Gasteiger partial charge in [-0.15, -0.1) is 0 Å². The number of methoxy groups -OCH3 is 1. The molecule has 0 aliphatic carbocycles. The van der Waals surface area contributed by atoms with Crippen molar-refractivity contribution in [2.45, 2.75) is 13.8 Å². The molecule has 0 unspecified atom stereocenters. The van der Waals surface area contributed by atoms with Gasteiger partial charge in [0.05, 0.1) is 12.0 Å². The van der Waals surface area contributed by atoms with Crippen LogP contribution in [0.5, 0.6) is 0 Å². The Morgan fingerprint density at radius 3 is 2.35 bits per heavy atom. The van der Waals surface area contributed by atoms with Gasteiger partial charge in [0.15, 0.2) is 0 Å². The molecule has 0 aliphatic rings. The number of carboxylic acids is 1. The van der Waals surface area contributed by atoms with Crippen LogP contribution in [0.2, 0.25) is 0 Å². The summed E-state index contributed by atoms with van der Waals surface area (Å²) in [5.74, 6) is -1.32. The molecule has 8 nitrogen and oxygen atoms in total. The van der Waals surface area contributed by atoms with Crippen LogP contribution in [0.4, 0.5) is 4.79 Å². The van der Waals surface area contributed by atoms with Crippen molar-refractivity contribution in [3.05, 3.63) is 0 Å². The Labute approximate surface area is 118 Å². The summed E-state index contributed by atoms with van der Waals surface area (Å²) in [6, 6.07) is -0.540. The average molecular weight is 289 g/mol. The van der Waals surface area contributed by atoms with Crippen molar-refractivity contribution in [3.63, 3.8) is 0 Å². The molecule has 0 aromatic carbocycles. The topological polar surface area (TPSA) is 108 Å². The number of aliphatic carboxylic acids is 1. The van der Waals surface area contributed by atoms with E-state index in [9.17, 15) is 14.4 Å². The third-order valence-electron chi connectivity index (χ3n) is 2.70. The summed E-state index contributed by atoms with van der Waals surface area (Å²) in [4.78, 5) is 35.3. The number of nitrogens with one attached hydrogen (secondary N) is 2. The zero-order valence-electron chi connectivity index (χ0n) is 12.4. The van der Waals surface area contributed by atoms with Crippen LogP contribution >= 0.6 is 0 Å². The number of carboxylic acid groups (broad SMARTS) is 1. The lowest BCUT2D eigenvalue weighted by atomic mass is 9.92. The third-order valence-corrected chi connectivity index (χ3v) is 2.70. The Kier molecular flexibility index (Phi) is 7.60. The van der Waals surface area contributed by atoms with E-state index in [0.29, 0.717) is 0 Å². The molecule has 0 fully saturated rings. The highest BCUT2D eigenvalue weighted by Crippen LogP contribution is 2.13. The molecule has 0 saturated heterocycles. The summed E-state index contributed by atoms with van der Waals surface area (Å²) in [5, 5.41) is 13.8. The van der Waals surface area contributed by atoms with Crippen LogP contribution in [-0.2, 0) is 14.3 Å². The fourth-order valence-electron chi connectivity index (χ4n) is 1.44. The molecule has 0 atom stereocenters. The summed E-state index contributed by atoms with van der Waals surface area (Å²) in [6.07, 6.45) is 0. The molecular formula is C12H23N3O5. The summed E-state index contributed by atoms with van der Waals surface area (Å²) in [5.41, 5.74) is -0.777. The lowest BCUT2D eigenvalue weighted by Crippen LogP contribution is -2.49. The maximum absolute atomic E-state index is 11.9. The van der Waals surface area contributed by atoms with E-state index in [2.05, 4.69) is 10.6 Å². The number of carbonyl (C=O) groups is 3. The largest absolute Gasteiger partial charge is 0.480 e. The first-order valence-corrected chi connectivity index (χ1v) is 6.20. The monoisotopic (exact) mass is 289 g/mol. The summed E-state index contributed by atoms with van der Waals surface area (Å²) in [7, 11) is 2.98. The predicted molar refractivity (Wildman–Crippen MR) is 72.3 cm³/mol. The molecule has 0 aromatic rings. The first-order valence-electron chi connectivity index (χ1n) is 6.20. The number of amides is 3. The molecule has 0 heterocycles. The number of ether oxygens (including phenoxy) is 1. The van der Waals surface area contributed by atoms with Gasteiger partial charge in [0.25, 0.3) is 0 Å². The average Bonchev–Trinajstić information content (AvgIpc) is 2.39. The standard InChI is InChI=1S/C12H23N3O5/c1-12(2,10(18)13-3)8-14-11(19)15(5-6-20-4)7-9(16)17/h5-8H2,1-4H3,(H,13,18)(H,14,19)(H,16,17). The normalized spacial score (nSPS) is 10.8. The molecule has 3 N–H and O–H groups in total. The van der Waals surface area contributed by atoms with Crippen LogP contribution in [0, 0.1) is 5.41 Å². The molecule has 0 radical (unpaired) electrons. The van der Waals surface area contributed by atoms with Gasteiger partial charge in [-0.1, -0.05) is 0 Å². The van der Waals surface area contributed by atoms with Gasteiger partial charge in [-0.2, -0.15) is 0 Å². The molecule has 0 aliphatic heterocycles. The summed E-state index contributed by atoms with van der Waals surface area (Å²) >= 11 is 0. The van der Waals surface area contributed by atoms with Crippen molar-refractivity contribution in [2.75, 3.05) is 40.4 Å². The molecule has 0 saturated carbocycles. The van der Waals surface area contributed by atoms with E-state index in [4.69, 9.17) is 9.84 Å². The second-order valence-corrected chi connectivity index (χ2v) is 4.93. The van der Waals surface area contributed by atoms with Crippen LogP contribution < -0.4 is 10.6 Å². The highest BCUT2D eigenvalue weighted by molar-refractivity contribution is 5.83. The van der Waals surface area contributed by atoms with Crippen LogP contribution in [0.25, 0.3) is 0 Å². The number of rotatable bonds is 8. The lowest BCUT2D eigenvalue weighted by molar-refractivity contribution is -0.137. The molecule has 8 heteroatoms. The lowest BCUT2D eigenvalue weighted by Gasteiger charge is -2.26. The molecule has 116 valence electrons. The summed E-state index contributed by atoms with van der Waals surface area (Å²) in [6.45, 7) is 3.45. The van der Waals surface area contributed by atoms with E-state index in [1.54, 1.807) is 13.8 Å². The summed E-state index contributed by atoms with van der Waals surface area (Å²) < 4.78 is 4.83. The van der Waals surface area contributed by atoms with Gasteiger partial charge in [-0.05, 0) is 13.8 Å². The van der Waals surface area contributed by atoms with Gasteiger partial charge >= 0.3 is 12.0 Å². The van der Waals surface area contributed by atoms with Crippen molar-refractivity contribution in [1.29, 1.82) is 0 Å². The number of urea groups is 1. The zero-order valence-corrected chi connectivity index (χ0v) is 12.4. The van der Waals surface area contributed by atoms with Crippen LogP contribution in [0.1, 0.15) is 13.8 Å². The molecule has 20 heavy (non-hydrogen) atoms. The quantitative estimate of drug-likeness (QED) is 0.558. The van der Waals surface area contributed by atoms with Crippen molar-refractivity contribution < 1.29 is 24.2 Å². The Balaban J connectivity index is 4.52. The third kappa shape index (κ3) is 6.37. The van der Waals surface area contributed by atoms with Gasteiger partial charge in [-0.3, -0.25) is 9.59 Å². The van der Waals surface area contributed by atoms with Gasteiger partial charge in [0.1, 0.15) is 6.54 Å². The Morgan fingerprint density at radius 2 is 1.90 bits per heavy atom. The molecule has 0 rings (SSSR count). The van der Waals surface area contributed by atoms with Gasteiger partial charge in [-0.25, -0.2) is 4.79 Å². The van der Waals surface area contributed by atoms with Crippen molar-refractivity contribution >= 4 is 17.9 Å². The Bertz CT molecular complexity index is 357. The minimum Gasteiger partial charge on any atom is -0.480 e. The first kappa shape index (κ1) is 18.2. The number of carbonyl (C=O) groups excluding carboxylic acids is 2. The number of hydrogen-bond acceptors (Lipinski definition) is 4. The van der Waals surface area contributed by atoms with E-state index < -0.39 is 24.0 Å². The van der Waals surface area contributed by atoms with E-state index >= 15 is 0 Å².